The number of furan rings is 1. The van der Waals surface area contributed by atoms with Gasteiger partial charge in [-0.25, -0.2) is 0 Å². The molecule has 12 aromatic carbocycles. The van der Waals surface area contributed by atoms with Crippen molar-refractivity contribution in [2.45, 2.75) is 0 Å². The molecule has 0 aliphatic carbocycles. The Labute approximate surface area is 459 Å². The molecule has 0 aliphatic heterocycles. The van der Waals surface area contributed by atoms with Gasteiger partial charge in [0.2, 0.25) is 0 Å². The Balaban J connectivity index is 1.23. The molecule has 370 valence electrons. The summed E-state index contributed by atoms with van der Waals surface area (Å²) >= 11 is 0. The zero-order valence-electron chi connectivity index (χ0n) is 43.0. The first-order chi connectivity index (χ1) is 39.3. The lowest BCUT2D eigenvalue weighted by atomic mass is 9.76. The maximum Gasteiger partial charge on any atom is 0.144 e. The predicted octanol–water partition coefficient (Wildman–Crippen LogP) is 20.1. The molecule has 0 saturated carbocycles. The van der Waals surface area contributed by atoms with Gasteiger partial charge < -0.3 is 4.42 Å². The summed E-state index contributed by atoms with van der Waals surface area (Å²) in [6, 6.07) is 106. The van der Waals surface area contributed by atoms with Gasteiger partial charge in [0.1, 0.15) is 22.6 Å². The van der Waals surface area contributed by atoms with Gasteiger partial charge in [0, 0.05) is 49.7 Å². The molecular formula is C75H49N3O. The highest BCUT2D eigenvalue weighted by molar-refractivity contribution is 6.27. The number of nitrogens with zero attached hydrogens (tertiary/aromatic N) is 3. The highest BCUT2D eigenvalue weighted by atomic mass is 16.3. The van der Waals surface area contributed by atoms with Gasteiger partial charge in [-0.2, -0.15) is 0 Å². The van der Waals surface area contributed by atoms with E-state index in [2.05, 4.69) is 278 Å². The smallest absolute Gasteiger partial charge is 0.144 e. The van der Waals surface area contributed by atoms with E-state index in [9.17, 15) is 0 Å². The molecule has 14 rings (SSSR count). The van der Waals surface area contributed by atoms with E-state index in [1.807, 2.05) is 24.3 Å². The Morgan fingerprint density at radius 3 is 1.04 bits per heavy atom. The van der Waals surface area contributed by atoms with Crippen molar-refractivity contribution in [2.24, 2.45) is 0 Å². The summed E-state index contributed by atoms with van der Waals surface area (Å²) in [5, 5.41) is 16.5. The molecule has 79 heavy (non-hydrogen) atoms. The van der Waals surface area contributed by atoms with Crippen LogP contribution in [-0.2, 0) is 0 Å². The Kier molecular flexibility index (Phi) is 12.2. The molecule has 2 heterocycles. The minimum atomic E-state index is 0.717. The molecule has 0 bridgehead atoms. The molecule has 0 spiro atoms. The van der Waals surface area contributed by atoms with E-state index >= 15 is 0 Å². The Morgan fingerprint density at radius 1 is 0.203 bits per heavy atom. The zero-order valence-corrected chi connectivity index (χ0v) is 43.0. The third-order valence-corrected chi connectivity index (χ3v) is 15.2. The van der Waals surface area contributed by atoms with Crippen molar-refractivity contribution in [3.63, 3.8) is 0 Å². The van der Waals surface area contributed by atoms with Crippen LogP contribution in [0.3, 0.4) is 0 Å². The van der Waals surface area contributed by atoms with E-state index in [-0.39, 0.29) is 0 Å². The lowest BCUT2D eigenvalue weighted by Crippen LogP contribution is -2.03. The number of rotatable bonds is 11. The standard InChI is InChI=1S/C75H49N3O/c1-7-28-50(29-8-1)56-40-19-22-43-59(56)64-48-27-49-65-71-70(62-46-25-26-47-63(62)73-67(54-36-15-5-16-37-54)72(76-78-77-73)55-38-17-6-18-39-55)69(61-45-24-21-42-58(61)52-32-11-3-12-33-52)68(60-44-23-20-41-57(60)51-30-9-2-10-31-51)66(75(71)79-74(64)65)53-34-13-4-14-35-53/h1-49H. The fraction of sp³-hybridized carbons (Fsp3) is 0. The van der Waals surface area contributed by atoms with E-state index in [1.54, 1.807) is 0 Å². The second kappa shape index (κ2) is 20.5. The van der Waals surface area contributed by atoms with E-state index < -0.39 is 0 Å². The van der Waals surface area contributed by atoms with Crippen molar-refractivity contribution in [1.82, 2.24) is 15.4 Å². The van der Waals surface area contributed by atoms with Crippen molar-refractivity contribution in [3.05, 3.63) is 297 Å². The lowest BCUT2D eigenvalue weighted by molar-refractivity contribution is 0.671. The maximum absolute atomic E-state index is 7.87. The normalized spacial score (nSPS) is 11.3. The minimum Gasteiger partial charge on any atom is -0.455 e. The van der Waals surface area contributed by atoms with E-state index in [1.165, 1.54) is 0 Å². The minimum absolute atomic E-state index is 0.717. The molecule has 0 N–H and O–H groups in total. The molecule has 0 amide bonds. The van der Waals surface area contributed by atoms with E-state index in [0.717, 1.165) is 145 Å². The summed E-state index contributed by atoms with van der Waals surface area (Å²) in [7, 11) is 0. The monoisotopic (exact) mass is 1010 g/mol. The molecule has 0 unspecified atom stereocenters. The summed E-state index contributed by atoms with van der Waals surface area (Å²) < 4.78 is 7.87. The molecule has 0 radical (unpaired) electrons. The van der Waals surface area contributed by atoms with Gasteiger partial charge in [-0.1, -0.05) is 297 Å². The van der Waals surface area contributed by atoms with E-state index in [4.69, 9.17) is 14.6 Å². The Bertz CT molecular complexity index is 4500. The average Bonchev–Trinajstić information content (AvgIpc) is 4.15. The maximum atomic E-state index is 7.87. The molecular weight excluding hydrogens is 959 g/mol. The highest BCUT2D eigenvalue weighted by Gasteiger charge is 2.33. The van der Waals surface area contributed by atoms with Gasteiger partial charge in [0.05, 0.1) is 0 Å². The van der Waals surface area contributed by atoms with Gasteiger partial charge in [0.25, 0.3) is 0 Å². The zero-order chi connectivity index (χ0) is 52.5. The second-order valence-corrected chi connectivity index (χ2v) is 19.7. The van der Waals surface area contributed by atoms with Gasteiger partial charge in [-0.3, -0.25) is 0 Å². The highest BCUT2D eigenvalue weighted by Crippen LogP contribution is 2.58. The number of hydrogen-bond acceptors (Lipinski definition) is 4. The molecule has 14 aromatic rings. The second-order valence-electron chi connectivity index (χ2n) is 19.7. The van der Waals surface area contributed by atoms with Crippen molar-refractivity contribution >= 4 is 21.9 Å². The van der Waals surface area contributed by atoms with Crippen molar-refractivity contribution in [2.75, 3.05) is 0 Å². The molecule has 0 saturated heterocycles. The van der Waals surface area contributed by atoms with Gasteiger partial charge in [-0.05, 0) is 77.5 Å². The van der Waals surface area contributed by atoms with Gasteiger partial charge >= 0.3 is 0 Å². The fourth-order valence-corrected chi connectivity index (χ4v) is 11.8. The first-order valence-electron chi connectivity index (χ1n) is 26.8. The SMILES string of the molecule is c1ccc(-c2ccccc2-c2c(-c3ccccc3-c3ccccc3)c(-c3ccccc3-c3nnnc(-c4ccccc4)c3-c3ccccc3)c3c(oc4c(-c5ccccc5-c5ccccc5)cccc43)c2-c2ccccc2)cc1. The summed E-state index contributed by atoms with van der Waals surface area (Å²) in [5.74, 6) is 0. The number of aromatic nitrogens is 3. The summed E-state index contributed by atoms with van der Waals surface area (Å²) in [4.78, 5) is 0. The lowest BCUT2D eigenvalue weighted by Gasteiger charge is -2.26. The first kappa shape index (κ1) is 46.9. The van der Waals surface area contributed by atoms with Crippen LogP contribution in [0.5, 0.6) is 0 Å². The van der Waals surface area contributed by atoms with Crippen molar-refractivity contribution in [1.29, 1.82) is 0 Å². The Morgan fingerprint density at radius 2 is 0.544 bits per heavy atom. The van der Waals surface area contributed by atoms with E-state index in [0.29, 0.717) is 0 Å². The molecule has 4 nitrogen and oxygen atoms in total. The van der Waals surface area contributed by atoms with Crippen LogP contribution in [0.1, 0.15) is 0 Å². The molecule has 4 heteroatoms. The van der Waals surface area contributed by atoms with Crippen LogP contribution in [0.4, 0.5) is 0 Å². The van der Waals surface area contributed by atoms with Crippen LogP contribution < -0.4 is 0 Å². The average molecular weight is 1010 g/mol. The molecule has 0 aliphatic rings. The van der Waals surface area contributed by atoms with Gasteiger partial charge in [0.15, 0.2) is 0 Å². The third kappa shape index (κ3) is 8.40. The number of benzene rings is 12. The topological polar surface area (TPSA) is 51.8 Å². The Hall–Kier alpha value is -10.6. The molecule has 2 aromatic heterocycles. The number of hydrogen-bond donors (Lipinski definition) is 0. The summed E-state index contributed by atoms with van der Waals surface area (Å²) in [5.41, 5.74) is 23.8. The summed E-state index contributed by atoms with van der Waals surface area (Å²) in [6.45, 7) is 0. The predicted molar refractivity (Wildman–Crippen MR) is 327 cm³/mol. The van der Waals surface area contributed by atoms with Crippen LogP contribution in [0.15, 0.2) is 302 Å². The molecule has 0 fully saturated rings. The van der Waals surface area contributed by atoms with Crippen molar-refractivity contribution in [3.8, 4) is 123 Å². The summed E-state index contributed by atoms with van der Waals surface area (Å²) in [6.07, 6.45) is 0. The third-order valence-electron chi connectivity index (χ3n) is 15.2. The van der Waals surface area contributed by atoms with Gasteiger partial charge in [-0.15, -0.1) is 10.2 Å². The van der Waals surface area contributed by atoms with Crippen molar-refractivity contribution < 1.29 is 4.42 Å². The quantitative estimate of drug-likeness (QED) is 0.130. The van der Waals surface area contributed by atoms with Crippen LogP contribution in [-0.4, -0.2) is 15.4 Å². The first-order valence-corrected chi connectivity index (χ1v) is 26.8. The van der Waals surface area contributed by atoms with Crippen LogP contribution in [0.25, 0.3) is 145 Å². The van der Waals surface area contributed by atoms with Crippen LogP contribution >= 0.6 is 0 Å². The molecule has 0 atom stereocenters. The van der Waals surface area contributed by atoms with Crippen LogP contribution in [0.2, 0.25) is 0 Å². The number of fused-ring (bicyclic) bond motifs is 3. The largest absolute Gasteiger partial charge is 0.455 e. The van der Waals surface area contributed by atoms with Crippen LogP contribution in [0, 0.1) is 0 Å². The fourth-order valence-electron chi connectivity index (χ4n) is 11.8. The number of para-hydroxylation sites is 1.